The lowest BCUT2D eigenvalue weighted by Gasteiger charge is -2.09. The van der Waals surface area contributed by atoms with Crippen molar-refractivity contribution in [3.8, 4) is 0 Å². The van der Waals surface area contributed by atoms with Gasteiger partial charge in [-0.15, -0.1) is 0 Å². The highest BCUT2D eigenvalue weighted by molar-refractivity contribution is 9.10. The average Bonchev–Trinajstić information content (AvgIpc) is 3.06. The van der Waals surface area contributed by atoms with E-state index in [0.29, 0.717) is 22.3 Å². The molecule has 8 heteroatoms. The molecule has 7 nitrogen and oxygen atoms in total. The number of hydrogen-bond acceptors (Lipinski definition) is 4. The molecule has 4 rings (SSSR count). The Kier molecular flexibility index (Phi) is 4.79. The van der Waals surface area contributed by atoms with Crippen LogP contribution in [0.4, 0.5) is 0 Å². The minimum Gasteiger partial charge on any atom is -0.480 e. The standard InChI is InChI=1S/C21H17BrN4O3/c1-12(21(28)29)25-11-14(16-5-3-4-6-19(16)25)10-23-26-13(2)24-18-8-7-15(22)9-17(18)20(26)27/h3-12H,1-2H3,(H,28,29)/t12-/m1/s1. The van der Waals surface area contributed by atoms with Crippen LogP contribution >= 0.6 is 15.9 Å². The van der Waals surface area contributed by atoms with E-state index < -0.39 is 12.0 Å². The summed E-state index contributed by atoms with van der Waals surface area (Å²) in [5.41, 5.74) is 1.84. The molecule has 4 aromatic rings. The van der Waals surface area contributed by atoms with Crippen molar-refractivity contribution in [3.05, 3.63) is 74.9 Å². The molecule has 0 aliphatic heterocycles. The molecular weight excluding hydrogens is 436 g/mol. The van der Waals surface area contributed by atoms with Gasteiger partial charge >= 0.3 is 5.97 Å². The van der Waals surface area contributed by atoms with Crippen molar-refractivity contribution in [2.45, 2.75) is 19.9 Å². The molecule has 2 heterocycles. The van der Waals surface area contributed by atoms with E-state index in [-0.39, 0.29) is 5.56 Å². The van der Waals surface area contributed by atoms with Gasteiger partial charge in [0.05, 0.1) is 17.1 Å². The van der Waals surface area contributed by atoms with E-state index in [9.17, 15) is 14.7 Å². The molecule has 0 aliphatic rings. The predicted octanol–water partition coefficient (Wildman–Crippen LogP) is 3.95. The Hall–Kier alpha value is -3.26. The number of fused-ring (bicyclic) bond motifs is 2. The van der Waals surface area contributed by atoms with E-state index in [2.05, 4.69) is 26.0 Å². The van der Waals surface area contributed by atoms with Gasteiger partial charge < -0.3 is 9.67 Å². The van der Waals surface area contributed by atoms with Crippen molar-refractivity contribution in [1.82, 2.24) is 14.2 Å². The lowest BCUT2D eigenvalue weighted by Crippen LogP contribution is -2.20. The Morgan fingerprint density at radius 2 is 2.00 bits per heavy atom. The molecule has 1 atom stereocenters. The van der Waals surface area contributed by atoms with Gasteiger partial charge in [-0.1, -0.05) is 34.1 Å². The van der Waals surface area contributed by atoms with Crippen LogP contribution in [0.15, 0.2) is 63.0 Å². The molecule has 29 heavy (non-hydrogen) atoms. The van der Waals surface area contributed by atoms with Crippen molar-refractivity contribution in [1.29, 1.82) is 0 Å². The fraction of sp³-hybridized carbons (Fsp3) is 0.143. The van der Waals surface area contributed by atoms with Gasteiger partial charge in [-0.05, 0) is 38.1 Å². The summed E-state index contributed by atoms with van der Waals surface area (Å²) in [6.07, 6.45) is 3.30. The Bertz CT molecular complexity index is 1350. The van der Waals surface area contributed by atoms with Gasteiger partial charge in [0.1, 0.15) is 11.9 Å². The molecular formula is C21H17BrN4O3. The molecule has 0 fully saturated rings. The lowest BCUT2D eigenvalue weighted by molar-refractivity contribution is -0.140. The minimum absolute atomic E-state index is 0.271. The third-order valence-corrected chi connectivity index (χ3v) is 5.32. The second kappa shape index (κ2) is 7.29. The third-order valence-electron chi connectivity index (χ3n) is 4.83. The van der Waals surface area contributed by atoms with E-state index >= 15 is 0 Å². The minimum atomic E-state index is -0.925. The van der Waals surface area contributed by atoms with Crippen molar-refractivity contribution < 1.29 is 9.90 Å². The number of rotatable bonds is 4. The van der Waals surface area contributed by atoms with Gasteiger partial charge in [0.25, 0.3) is 5.56 Å². The highest BCUT2D eigenvalue weighted by Crippen LogP contribution is 2.24. The Balaban J connectivity index is 1.86. The van der Waals surface area contributed by atoms with Crippen LogP contribution in [-0.4, -0.2) is 31.5 Å². The summed E-state index contributed by atoms with van der Waals surface area (Å²) in [7, 11) is 0. The first-order valence-electron chi connectivity index (χ1n) is 8.92. The molecule has 0 radical (unpaired) electrons. The molecule has 0 amide bonds. The summed E-state index contributed by atoms with van der Waals surface area (Å²) in [6.45, 7) is 3.34. The molecule has 2 aromatic heterocycles. The fourth-order valence-electron chi connectivity index (χ4n) is 3.29. The highest BCUT2D eigenvalue weighted by Gasteiger charge is 2.17. The van der Waals surface area contributed by atoms with Crippen LogP contribution in [0.3, 0.4) is 0 Å². The van der Waals surface area contributed by atoms with Crippen LogP contribution in [0.5, 0.6) is 0 Å². The van der Waals surface area contributed by atoms with E-state index in [1.165, 1.54) is 4.68 Å². The van der Waals surface area contributed by atoms with Crippen LogP contribution in [0, 0.1) is 6.92 Å². The third kappa shape index (κ3) is 3.36. The number of benzene rings is 2. The van der Waals surface area contributed by atoms with Crippen LogP contribution in [-0.2, 0) is 4.79 Å². The molecule has 146 valence electrons. The molecule has 0 spiro atoms. The van der Waals surface area contributed by atoms with Crippen molar-refractivity contribution in [3.63, 3.8) is 0 Å². The number of halogens is 1. The predicted molar refractivity (Wildman–Crippen MR) is 116 cm³/mol. The number of aromatic nitrogens is 3. The van der Waals surface area contributed by atoms with E-state index in [1.807, 2.05) is 30.3 Å². The number of carbonyl (C=O) groups is 1. The number of para-hydroxylation sites is 1. The smallest absolute Gasteiger partial charge is 0.326 e. The second-order valence-corrected chi connectivity index (χ2v) is 7.62. The zero-order valence-corrected chi connectivity index (χ0v) is 17.3. The van der Waals surface area contributed by atoms with E-state index in [1.54, 1.807) is 43.0 Å². The number of aliphatic carboxylic acids is 1. The average molecular weight is 453 g/mol. The monoisotopic (exact) mass is 452 g/mol. The maximum absolute atomic E-state index is 12.9. The first-order valence-corrected chi connectivity index (χ1v) is 9.72. The summed E-state index contributed by atoms with van der Waals surface area (Å²) in [4.78, 5) is 28.8. The Labute approximate surface area is 174 Å². The number of aryl methyl sites for hydroxylation is 1. The SMILES string of the molecule is Cc1nc2ccc(Br)cc2c(=O)n1N=Cc1cn([C@H](C)C(=O)O)c2ccccc12. The van der Waals surface area contributed by atoms with Crippen molar-refractivity contribution >= 4 is 49.9 Å². The Morgan fingerprint density at radius 3 is 2.76 bits per heavy atom. The molecule has 1 N–H and O–H groups in total. The molecule has 2 aromatic carbocycles. The first kappa shape index (κ1) is 19.1. The van der Waals surface area contributed by atoms with Gasteiger partial charge in [0, 0.05) is 27.1 Å². The first-order chi connectivity index (χ1) is 13.9. The van der Waals surface area contributed by atoms with Gasteiger partial charge in [-0.3, -0.25) is 4.79 Å². The quantitative estimate of drug-likeness (QED) is 0.474. The van der Waals surface area contributed by atoms with Crippen LogP contribution in [0.25, 0.3) is 21.8 Å². The molecule has 0 aliphatic carbocycles. The van der Waals surface area contributed by atoms with Crippen LogP contribution in [0.2, 0.25) is 0 Å². The van der Waals surface area contributed by atoms with E-state index in [4.69, 9.17) is 0 Å². The summed E-state index contributed by atoms with van der Waals surface area (Å²) in [6, 6.07) is 12.1. The summed E-state index contributed by atoms with van der Waals surface area (Å²) in [5, 5.41) is 15.1. The molecule has 0 bridgehead atoms. The largest absolute Gasteiger partial charge is 0.480 e. The van der Waals surface area contributed by atoms with Gasteiger partial charge in [0.2, 0.25) is 0 Å². The van der Waals surface area contributed by atoms with Crippen molar-refractivity contribution in [2.24, 2.45) is 5.10 Å². The highest BCUT2D eigenvalue weighted by atomic mass is 79.9. The number of hydrogen-bond donors (Lipinski definition) is 1. The second-order valence-electron chi connectivity index (χ2n) is 6.71. The number of carboxylic acids is 1. The zero-order chi connectivity index (χ0) is 20.7. The molecule has 0 saturated heterocycles. The molecule has 0 saturated carbocycles. The van der Waals surface area contributed by atoms with Gasteiger partial charge in [0.15, 0.2) is 0 Å². The maximum atomic E-state index is 12.9. The lowest BCUT2D eigenvalue weighted by atomic mass is 10.2. The molecule has 0 unspecified atom stereocenters. The summed E-state index contributed by atoms with van der Waals surface area (Å²) >= 11 is 3.38. The van der Waals surface area contributed by atoms with Crippen LogP contribution in [0.1, 0.15) is 24.4 Å². The topological polar surface area (TPSA) is 89.5 Å². The Morgan fingerprint density at radius 1 is 1.24 bits per heavy atom. The number of carboxylic acid groups (broad SMARTS) is 1. The number of nitrogens with zero attached hydrogens (tertiary/aromatic N) is 4. The van der Waals surface area contributed by atoms with Crippen molar-refractivity contribution in [2.75, 3.05) is 0 Å². The van der Waals surface area contributed by atoms with E-state index in [0.717, 1.165) is 15.4 Å². The zero-order valence-electron chi connectivity index (χ0n) is 15.7. The summed E-state index contributed by atoms with van der Waals surface area (Å²) < 4.78 is 3.72. The maximum Gasteiger partial charge on any atom is 0.326 e. The van der Waals surface area contributed by atoms with Gasteiger partial charge in [-0.2, -0.15) is 9.78 Å². The summed E-state index contributed by atoms with van der Waals surface area (Å²) in [5.74, 6) is -0.464. The normalized spacial score (nSPS) is 12.8. The fourth-order valence-corrected chi connectivity index (χ4v) is 3.65. The van der Waals surface area contributed by atoms with Gasteiger partial charge in [-0.25, -0.2) is 9.78 Å². The van der Waals surface area contributed by atoms with Crippen LogP contribution < -0.4 is 5.56 Å².